The predicted molar refractivity (Wildman–Crippen MR) is 62.4 cm³/mol. The molecule has 1 saturated heterocycles. The minimum atomic E-state index is 0.113. The standard InChI is InChI=1S/C13H17NO2/c1-2-12-10-14(8-9-16-12)13(15)11-6-4-3-5-7-11/h3-7,12H,2,8-10H2,1H3. The number of amides is 1. The molecular formula is C13H17NO2. The van der Waals surface area contributed by atoms with Crippen LogP contribution in [0, 0.1) is 0 Å². The molecule has 16 heavy (non-hydrogen) atoms. The molecule has 2 rings (SSSR count). The SMILES string of the molecule is CCC1CN(C(=O)c2ccccc2)CCO1. The quantitative estimate of drug-likeness (QED) is 0.760. The largest absolute Gasteiger partial charge is 0.375 e. The van der Waals surface area contributed by atoms with Crippen LogP contribution in [-0.2, 0) is 4.74 Å². The van der Waals surface area contributed by atoms with E-state index in [4.69, 9.17) is 4.74 Å². The molecule has 0 N–H and O–H groups in total. The van der Waals surface area contributed by atoms with Gasteiger partial charge in [0.15, 0.2) is 0 Å². The maximum Gasteiger partial charge on any atom is 0.254 e. The van der Waals surface area contributed by atoms with Crippen LogP contribution in [0.1, 0.15) is 23.7 Å². The number of morpholine rings is 1. The van der Waals surface area contributed by atoms with Crippen LogP contribution in [0.25, 0.3) is 0 Å². The number of rotatable bonds is 2. The van der Waals surface area contributed by atoms with E-state index in [9.17, 15) is 4.79 Å². The highest BCUT2D eigenvalue weighted by molar-refractivity contribution is 5.94. The van der Waals surface area contributed by atoms with E-state index >= 15 is 0 Å². The summed E-state index contributed by atoms with van der Waals surface area (Å²) < 4.78 is 5.55. The van der Waals surface area contributed by atoms with E-state index in [1.165, 1.54) is 0 Å². The molecule has 0 spiro atoms. The first-order valence-corrected chi connectivity index (χ1v) is 5.77. The molecule has 0 aliphatic carbocycles. The molecular weight excluding hydrogens is 202 g/mol. The number of hydrogen-bond donors (Lipinski definition) is 0. The monoisotopic (exact) mass is 219 g/mol. The maximum atomic E-state index is 12.1. The highest BCUT2D eigenvalue weighted by atomic mass is 16.5. The van der Waals surface area contributed by atoms with Crippen LogP contribution in [0.3, 0.4) is 0 Å². The molecule has 3 nitrogen and oxygen atoms in total. The van der Waals surface area contributed by atoms with Gasteiger partial charge in [0.2, 0.25) is 0 Å². The summed E-state index contributed by atoms with van der Waals surface area (Å²) in [5, 5.41) is 0. The van der Waals surface area contributed by atoms with Crippen LogP contribution >= 0.6 is 0 Å². The fraction of sp³-hybridized carbons (Fsp3) is 0.462. The van der Waals surface area contributed by atoms with Gasteiger partial charge in [0.25, 0.3) is 5.91 Å². The smallest absolute Gasteiger partial charge is 0.254 e. The Morgan fingerprint density at radius 2 is 2.19 bits per heavy atom. The van der Waals surface area contributed by atoms with Crippen molar-refractivity contribution in [1.82, 2.24) is 4.90 Å². The first-order chi connectivity index (χ1) is 7.81. The normalized spacial score (nSPS) is 20.8. The Bertz CT molecular complexity index is 350. The maximum absolute atomic E-state index is 12.1. The molecule has 0 saturated carbocycles. The minimum Gasteiger partial charge on any atom is -0.375 e. The Hall–Kier alpha value is -1.35. The molecule has 1 atom stereocenters. The zero-order valence-corrected chi connectivity index (χ0v) is 9.56. The van der Waals surface area contributed by atoms with Crippen molar-refractivity contribution in [2.45, 2.75) is 19.4 Å². The van der Waals surface area contributed by atoms with Crippen molar-refractivity contribution in [3.8, 4) is 0 Å². The van der Waals surface area contributed by atoms with Crippen LogP contribution in [0.4, 0.5) is 0 Å². The number of carbonyl (C=O) groups is 1. The van der Waals surface area contributed by atoms with Gasteiger partial charge in [-0.3, -0.25) is 4.79 Å². The van der Waals surface area contributed by atoms with E-state index in [0.29, 0.717) is 19.7 Å². The van der Waals surface area contributed by atoms with Crippen LogP contribution < -0.4 is 0 Å². The molecule has 3 heteroatoms. The summed E-state index contributed by atoms with van der Waals surface area (Å²) in [6.07, 6.45) is 1.15. The van der Waals surface area contributed by atoms with Crippen molar-refractivity contribution in [3.05, 3.63) is 35.9 Å². The molecule has 1 unspecified atom stereocenters. The lowest BCUT2D eigenvalue weighted by atomic mass is 10.1. The zero-order chi connectivity index (χ0) is 11.4. The molecule has 86 valence electrons. The third kappa shape index (κ3) is 2.42. The van der Waals surface area contributed by atoms with Gasteiger partial charge >= 0.3 is 0 Å². The summed E-state index contributed by atoms with van der Waals surface area (Å²) in [5.41, 5.74) is 0.763. The van der Waals surface area contributed by atoms with Gasteiger partial charge in [0, 0.05) is 18.7 Å². The Morgan fingerprint density at radius 1 is 1.44 bits per heavy atom. The van der Waals surface area contributed by atoms with Gasteiger partial charge in [-0.1, -0.05) is 25.1 Å². The lowest BCUT2D eigenvalue weighted by Gasteiger charge is -2.32. The van der Waals surface area contributed by atoms with E-state index in [0.717, 1.165) is 12.0 Å². The van der Waals surface area contributed by atoms with Crippen molar-refractivity contribution < 1.29 is 9.53 Å². The van der Waals surface area contributed by atoms with Crippen molar-refractivity contribution >= 4 is 5.91 Å². The van der Waals surface area contributed by atoms with Gasteiger partial charge in [0.05, 0.1) is 12.7 Å². The molecule has 1 amide bonds. The number of hydrogen-bond acceptors (Lipinski definition) is 2. The van der Waals surface area contributed by atoms with Crippen molar-refractivity contribution in [2.75, 3.05) is 19.7 Å². The van der Waals surface area contributed by atoms with Gasteiger partial charge < -0.3 is 9.64 Å². The Balaban J connectivity index is 2.05. The third-order valence-corrected chi connectivity index (χ3v) is 2.90. The van der Waals surface area contributed by atoms with E-state index < -0.39 is 0 Å². The summed E-state index contributed by atoms with van der Waals surface area (Å²) >= 11 is 0. The summed E-state index contributed by atoms with van der Waals surface area (Å²) in [6, 6.07) is 9.43. The Morgan fingerprint density at radius 3 is 2.88 bits per heavy atom. The summed E-state index contributed by atoms with van der Waals surface area (Å²) in [6.45, 7) is 4.15. The Kier molecular flexibility index (Phi) is 3.57. The fourth-order valence-electron chi connectivity index (χ4n) is 1.91. The minimum absolute atomic E-state index is 0.113. The van der Waals surface area contributed by atoms with Crippen LogP contribution in [0.5, 0.6) is 0 Å². The van der Waals surface area contributed by atoms with Gasteiger partial charge in [0.1, 0.15) is 0 Å². The van der Waals surface area contributed by atoms with Crippen LogP contribution in [-0.4, -0.2) is 36.6 Å². The van der Waals surface area contributed by atoms with E-state index in [2.05, 4.69) is 6.92 Å². The molecule has 1 aromatic rings. The topological polar surface area (TPSA) is 29.5 Å². The fourth-order valence-corrected chi connectivity index (χ4v) is 1.91. The predicted octanol–water partition coefficient (Wildman–Crippen LogP) is 1.94. The molecule has 0 aromatic heterocycles. The van der Waals surface area contributed by atoms with Crippen molar-refractivity contribution in [2.24, 2.45) is 0 Å². The first-order valence-electron chi connectivity index (χ1n) is 5.77. The molecule has 1 aromatic carbocycles. The number of ether oxygens (including phenoxy) is 1. The van der Waals surface area contributed by atoms with E-state index in [1.807, 2.05) is 35.2 Å². The average Bonchev–Trinajstić information content (AvgIpc) is 2.39. The second kappa shape index (κ2) is 5.12. The highest BCUT2D eigenvalue weighted by Crippen LogP contribution is 2.12. The molecule has 1 aliphatic rings. The number of benzene rings is 1. The molecule has 0 bridgehead atoms. The second-order valence-electron chi connectivity index (χ2n) is 4.02. The lowest BCUT2D eigenvalue weighted by Crippen LogP contribution is -2.45. The van der Waals surface area contributed by atoms with Gasteiger partial charge in [-0.2, -0.15) is 0 Å². The van der Waals surface area contributed by atoms with Gasteiger partial charge in [-0.05, 0) is 18.6 Å². The zero-order valence-electron chi connectivity index (χ0n) is 9.56. The molecule has 1 aliphatic heterocycles. The van der Waals surface area contributed by atoms with Crippen molar-refractivity contribution in [1.29, 1.82) is 0 Å². The first kappa shape index (κ1) is 11.1. The van der Waals surface area contributed by atoms with E-state index in [-0.39, 0.29) is 12.0 Å². The number of carbonyl (C=O) groups excluding carboxylic acids is 1. The summed E-state index contributed by atoms with van der Waals surface area (Å²) in [5.74, 6) is 0.113. The third-order valence-electron chi connectivity index (χ3n) is 2.90. The molecule has 1 heterocycles. The highest BCUT2D eigenvalue weighted by Gasteiger charge is 2.23. The average molecular weight is 219 g/mol. The Labute approximate surface area is 96.0 Å². The summed E-state index contributed by atoms with van der Waals surface area (Å²) in [7, 11) is 0. The van der Waals surface area contributed by atoms with Crippen LogP contribution in [0.2, 0.25) is 0 Å². The molecule has 1 fully saturated rings. The second-order valence-corrected chi connectivity index (χ2v) is 4.02. The van der Waals surface area contributed by atoms with Crippen molar-refractivity contribution in [3.63, 3.8) is 0 Å². The summed E-state index contributed by atoms with van der Waals surface area (Å²) in [4.78, 5) is 14.0. The van der Waals surface area contributed by atoms with E-state index in [1.54, 1.807) is 0 Å². The van der Waals surface area contributed by atoms with Crippen LogP contribution in [0.15, 0.2) is 30.3 Å². The van der Waals surface area contributed by atoms with Gasteiger partial charge in [-0.25, -0.2) is 0 Å². The van der Waals surface area contributed by atoms with Gasteiger partial charge in [-0.15, -0.1) is 0 Å². The lowest BCUT2D eigenvalue weighted by molar-refractivity contribution is -0.0226. The number of nitrogens with zero attached hydrogens (tertiary/aromatic N) is 1. The molecule has 0 radical (unpaired) electrons.